The fourth-order valence-electron chi connectivity index (χ4n) is 2.95. The first-order valence-electron chi connectivity index (χ1n) is 8.59. The van der Waals surface area contributed by atoms with Crippen molar-refractivity contribution in [3.8, 4) is 0 Å². The molecule has 0 aliphatic carbocycles. The van der Waals surface area contributed by atoms with Gasteiger partial charge in [0, 0.05) is 29.9 Å². The Morgan fingerprint density at radius 3 is 2.31 bits per heavy atom. The van der Waals surface area contributed by atoms with Gasteiger partial charge in [-0.3, -0.25) is 9.48 Å². The second kappa shape index (κ2) is 7.68. The molecule has 0 N–H and O–H groups in total. The average Bonchev–Trinajstić information content (AvgIpc) is 2.84. The number of rotatable bonds is 5. The van der Waals surface area contributed by atoms with E-state index in [2.05, 4.69) is 5.10 Å². The first kappa shape index (κ1) is 19.6. The fourth-order valence-corrected chi connectivity index (χ4v) is 2.95. The SMILES string of the molecule is Cc1cc(C(=O)COC(=O)/C=C/c2c(C)nn(C)c2C)c(C)c(C)c1C. The molecule has 2 rings (SSSR count). The highest BCUT2D eigenvalue weighted by Gasteiger charge is 2.15. The first-order valence-corrected chi connectivity index (χ1v) is 8.59. The van der Waals surface area contributed by atoms with Gasteiger partial charge in [0.1, 0.15) is 0 Å². The average molecular weight is 354 g/mol. The van der Waals surface area contributed by atoms with Crippen LogP contribution in [0.15, 0.2) is 12.1 Å². The van der Waals surface area contributed by atoms with Crippen LogP contribution >= 0.6 is 0 Å². The molecule has 0 saturated heterocycles. The molecule has 0 saturated carbocycles. The molecule has 2 aromatic rings. The van der Waals surface area contributed by atoms with E-state index in [-0.39, 0.29) is 12.4 Å². The van der Waals surface area contributed by atoms with Crippen LogP contribution in [0.4, 0.5) is 0 Å². The van der Waals surface area contributed by atoms with E-state index in [4.69, 9.17) is 4.74 Å². The maximum Gasteiger partial charge on any atom is 0.331 e. The lowest BCUT2D eigenvalue weighted by Crippen LogP contribution is -2.15. The maximum atomic E-state index is 12.5. The minimum absolute atomic E-state index is 0.191. The largest absolute Gasteiger partial charge is 0.454 e. The van der Waals surface area contributed by atoms with Crippen LogP contribution in [0.2, 0.25) is 0 Å². The van der Waals surface area contributed by atoms with E-state index >= 15 is 0 Å². The van der Waals surface area contributed by atoms with Gasteiger partial charge in [0.15, 0.2) is 6.61 Å². The molecule has 1 aromatic carbocycles. The van der Waals surface area contributed by atoms with Crippen LogP contribution in [0.1, 0.15) is 49.6 Å². The number of ketones is 1. The number of benzene rings is 1. The molecule has 138 valence electrons. The topological polar surface area (TPSA) is 61.2 Å². The van der Waals surface area contributed by atoms with Gasteiger partial charge in [-0.2, -0.15) is 5.10 Å². The molecule has 0 radical (unpaired) electrons. The molecule has 0 bridgehead atoms. The minimum Gasteiger partial charge on any atom is -0.454 e. The van der Waals surface area contributed by atoms with E-state index in [9.17, 15) is 9.59 Å². The van der Waals surface area contributed by atoms with Gasteiger partial charge < -0.3 is 4.74 Å². The van der Waals surface area contributed by atoms with E-state index in [1.807, 2.05) is 54.7 Å². The Morgan fingerprint density at radius 1 is 1.08 bits per heavy atom. The predicted molar refractivity (Wildman–Crippen MR) is 102 cm³/mol. The fraction of sp³-hybridized carbons (Fsp3) is 0.381. The van der Waals surface area contributed by atoms with E-state index in [0.29, 0.717) is 5.56 Å². The van der Waals surface area contributed by atoms with Crippen LogP contribution in [-0.4, -0.2) is 28.1 Å². The summed E-state index contributed by atoms with van der Waals surface area (Å²) in [6.45, 7) is 11.5. The Bertz CT molecular complexity index is 905. The summed E-state index contributed by atoms with van der Waals surface area (Å²) in [5.41, 5.74) is 7.58. The summed E-state index contributed by atoms with van der Waals surface area (Å²) < 4.78 is 6.89. The number of nitrogens with zero attached hydrogens (tertiary/aromatic N) is 2. The molecule has 0 atom stereocenters. The van der Waals surface area contributed by atoms with E-state index in [0.717, 1.165) is 33.6 Å². The van der Waals surface area contributed by atoms with Gasteiger partial charge >= 0.3 is 5.97 Å². The van der Waals surface area contributed by atoms with Crippen LogP contribution in [0.5, 0.6) is 0 Å². The zero-order chi connectivity index (χ0) is 19.6. The molecule has 1 aromatic heterocycles. The van der Waals surface area contributed by atoms with E-state index in [1.165, 1.54) is 11.6 Å². The summed E-state index contributed by atoms with van der Waals surface area (Å²) in [5.74, 6) is -0.733. The Labute approximate surface area is 154 Å². The van der Waals surface area contributed by atoms with Gasteiger partial charge in [-0.15, -0.1) is 0 Å². The Kier molecular flexibility index (Phi) is 5.80. The van der Waals surface area contributed by atoms with Crippen molar-refractivity contribution in [2.75, 3.05) is 6.61 Å². The Hall–Kier alpha value is -2.69. The molecule has 0 spiro atoms. The number of hydrogen-bond donors (Lipinski definition) is 0. The Morgan fingerprint density at radius 2 is 1.73 bits per heavy atom. The molecule has 0 unspecified atom stereocenters. The normalized spacial score (nSPS) is 11.2. The number of carbonyl (C=O) groups excluding carboxylic acids is 2. The lowest BCUT2D eigenvalue weighted by Gasteiger charge is -2.13. The van der Waals surface area contributed by atoms with Crippen LogP contribution in [-0.2, 0) is 16.6 Å². The third-order valence-electron chi connectivity index (χ3n) is 5.08. The highest BCUT2D eigenvalue weighted by molar-refractivity contribution is 6.00. The molecule has 0 aliphatic heterocycles. The van der Waals surface area contributed by atoms with Gasteiger partial charge in [-0.05, 0) is 75.9 Å². The number of aryl methyl sites for hydroxylation is 3. The summed E-state index contributed by atoms with van der Waals surface area (Å²) >= 11 is 0. The Balaban J connectivity index is 2.06. The zero-order valence-electron chi connectivity index (χ0n) is 16.6. The number of esters is 1. The summed E-state index contributed by atoms with van der Waals surface area (Å²) in [6, 6.07) is 1.87. The van der Waals surface area contributed by atoms with Gasteiger partial charge in [0.05, 0.1) is 5.69 Å². The number of carbonyl (C=O) groups is 2. The highest BCUT2D eigenvalue weighted by Crippen LogP contribution is 2.21. The monoisotopic (exact) mass is 354 g/mol. The van der Waals surface area contributed by atoms with Crippen LogP contribution in [0, 0.1) is 41.5 Å². The van der Waals surface area contributed by atoms with E-state index in [1.54, 1.807) is 10.8 Å². The molecule has 5 heteroatoms. The number of hydrogen-bond acceptors (Lipinski definition) is 4. The quantitative estimate of drug-likeness (QED) is 0.466. The summed E-state index contributed by atoms with van der Waals surface area (Å²) in [4.78, 5) is 24.4. The van der Waals surface area contributed by atoms with Crippen molar-refractivity contribution in [3.05, 3.63) is 56.9 Å². The number of ether oxygens (including phenoxy) is 1. The minimum atomic E-state index is -0.542. The standard InChI is InChI=1S/C21H26N2O3/c1-12-10-19(15(4)14(3)13(12)2)20(24)11-26-21(25)9-8-18-16(5)22-23(7)17(18)6/h8-10H,11H2,1-7H3/b9-8+. The van der Waals surface area contributed by atoms with Gasteiger partial charge in [-0.1, -0.05) is 0 Å². The molecular formula is C21H26N2O3. The highest BCUT2D eigenvalue weighted by atomic mass is 16.5. The van der Waals surface area contributed by atoms with Crippen molar-refractivity contribution in [2.45, 2.75) is 41.5 Å². The van der Waals surface area contributed by atoms with Gasteiger partial charge in [-0.25, -0.2) is 4.79 Å². The molecular weight excluding hydrogens is 328 g/mol. The van der Waals surface area contributed by atoms with Crippen molar-refractivity contribution in [2.24, 2.45) is 7.05 Å². The third kappa shape index (κ3) is 3.93. The van der Waals surface area contributed by atoms with Crippen molar-refractivity contribution in [1.82, 2.24) is 9.78 Å². The van der Waals surface area contributed by atoms with Gasteiger partial charge in [0.25, 0.3) is 0 Å². The smallest absolute Gasteiger partial charge is 0.331 e. The zero-order valence-corrected chi connectivity index (χ0v) is 16.6. The van der Waals surface area contributed by atoms with Crippen LogP contribution in [0.3, 0.4) is 0 Å². The summed E-state index contributed by atoms with van der Waals surface area (Å²) in [6.07, 6.45) is 3.01. The second-order valence-corrected chi connectivity index (χ2v) is 6.69. The van der Waals surface area contributed by atoms with Crippen molar-refractivity contribution >= 4 is 17.8 Å². The molecule has 1 heterocycles. The van der Waals surface area contributed by atoms with Crippen molar-refractivity contribution in [3.63, 3.8) is 0 Å². The number of Topliss-reactive ketones (excluding diaryl/α,β-unsaturated/α-hetero) is 1. The second-order valence-electron chi connectivity index (χ2n) is 6.69. The van der Waals surface area contributed by atoms with Crippen molar-refractivity contribution in [1.29, 1.82) is 0 Å². The van der Waals surface area contributed by atoms with Crippen molar-refractivity contribution < 1.29 is 14.3 Å². The molecule has 5 nitrogen and oxygen atoms in total. The molecule has 0 amide bonds. The lowest BCUT2D eigenvalue weighted by atomic mass is 9.93. The molecule has 0 fully saturated rings. The molecule has 0 aliphatic rings. The first-order chi connectivity index (χ1) is 12.1. The van der Waals surface area contributed by atoms with Crippen LogP contribution < -0.4 is 0 Å². The predicted octanol–water partition coefficient (Wildman–Crippen LogP) is 3.71. The number of aromatic nitrogens is 2. The summed E-state index contributed by atoms with van der Waals surface area (Å²) in [7, 11) is 1.85. The van der Waals surface area contributed by atoms with Crippen LogP contribution in [0.25, 0.3) is 6.08 Å². The molecule has 26 heavy (non-hydrogen) atoms. The summed E-state index contributed by atoms with van der Waals surface area (Å²) in [5, 5.41) is 4.29. The third-order valence-corrected chi connectivity index (χ3v) is 5.08. The lowest BCUT2D eigenvalue weighted by molar-refractivity contribution is -0.136. The maximum absolute atomic E-state index is 12.5. The van der Waals surface area contributed by atoms with Gasteiger partial charge in [0.2, 0.25) is 5.78 Å². The van der Waals surface area contributed by atoms with E-state index < -0.39 is 5.97 Å².